The molecule has 1 atom stereocenters. The van der Waals surface area contributed by atoms with Gasteiger partial charge in [-0.25, -0.2) is 15.0 Å². The Morgan fingerprint density at radius 2 is 1.83 bits per heavy atom. The summed E-state index contributed by atoms with van der Waals surface area (Å²) in [6, 6.07) is 10.7. The molecule has 3 aliphatic heterocycles. The molecule has 3 saturated heterocycles. The number of likely N-dealkylation sites (tertiary alicyclic amines) is 1. The molecule has 0 aliphatic carbocycles. The lowest BCUT2D eigenvalue weighted by Gasteiger charge is -2.38. The van der Waals surface area contributed by atoms with Crippen LogP contribution in [0.4, 0.5) is 41.9 Å². The van der Waals surface area contributed by atoms with Crippen LogP contribution in [0.2, 0.25) is 0 Å². The summed E-state index contributed by atoms with van der Waals surface area (Å²) >= 11 is 0. The molecule has 3 aliphatic rings. The van der Waals surface area contributed by atoms with Crippen LogP contribution in [0.1, 0.15) is 49.3 Å². The Morgan fingerprint density at radius 3 is 2.54 bits per heavy atom. The average Bonchev–Trinajstić information content (AvgIpc) is 3.78. The first-order valence-corrected chi connectivity index (χ1v) is 15.6. The molecule has 0 unspecified atom stereocenters. The largest absolute Gasteiger partial charge is 0.494 e. The third kappa shape index (κ3) is 6.90. The highest BCUT2D eigenvalue weighted by atomic mass is 19.4. The average molecular weight is 638 g/mol. The lowest BCUT2D eigenvalue weighted by molar-refractivity contribution is -0.137. The lowest BCUT2D eigenvalue weighted by atomic mass is 10.0. The maximum absolute atomic E-state index is 13.4. The van der Waals surface area contributed by atoms with Gasteiger partial charge in [0.05, 0.1) is 42.4 Å². The Balaban J connectivity index is 1.24. The van der Waals surface area contributed by atoms with E-state index in [1.807, 2.05) is 12.1 Å². The number of alkyl halides is 3. The monoisotopic (exact) mass is 637 g/mol. The number of amides is 1. The van der Waals surface area contributed by atoms with Crippen molar-refractivity contribution in [2.24, 2.45) is 0 Å². The molecule has 244 valence electrons. The van der Waals surface area contributed by atoms with Crippen molar-refractivity contribution >= 4 is 34.6 Å². The van der Waals surface area contributed by atoms with Gasteiger partial charge in [-0.3, -0.25) is 9.63 Å². The molecular formula is C33H38F3N7O3. The first-order valence-electron chi connectivity index (χ1n) is 15.6. The van der Waals surface area contributed by atoms with E-state index in [-0.39, 0.29) is 5.91 Å². The van der Waals surface area contributed by atoms with Crippen molar-refractivity contribution in [3.63, 3.8) is 0 Å². The molecule has 0 saturated carbocycles. The summed E-state index contributed by atoms with van der Waals surface area (Å²) in [7, 11) is 1.58. The number of aromatic nitrogens is 2. The van der Waals surface area contributed by atoms with E-state index in [0.29, 0.717) is 53.4 Å². The minimum Gasteiger partial charge on any atom is -0.494 e. The number of methoxy groups -OCH3 is 1. The van der Waals surface area contributed by atoms with Crippen LogP contribution in [-0.2, 0) is 15.8 Å². The van der Waals surface area contributed by atoms with Crippen LogP contribution in [0.5, 0.6) is 5.75 Å². The fourth-order valence-electron chi connectivity index (χ4n) is 6.55. The number of halogens is 3. The highest BCUT2D eigenvalue weighted by Gasteiger charge is 2.34. The number of carbonyl (C=O) groups excluding carboxylic acids is 1. The van der Waals surface area contributed by atoms with E-state index >= 15 is 0 Å². The molecule has 2 N–H and O–H groups in total. The van der Waals surface area contributed by atoms with Crippen molar-refractivity contribution < 1.29 is 27.5 Å². The Morgan fingerprint density at radius 1 is 1.04 bits per heavy atom. The van der Waals surface area contributed by atoms with Crippen LogP contribution >= 0.6 is 0 Å². The van der Waals surface area contributed by atoms with E-state index in [9.17, 15) is 18.0 Å². The molecule has 2 aromatic carbocycles. The quantitative estimate of drug-likeness (QED) is 0.262. The number of nitrogens with one attached hydrogen (secondary N) is 2. The van der Waals surface area contributed by atoms with Crippen molar-refractivity contribution in [3.8, 4) is 5.75 Å². The van der Waals surface area contributed by atoms with Crippen LogP contribution in [0.3, 0.4) is 0 Å². The normalized spacial score (nSPS) is 19.3. The van der Waals surface area contributed by atoms with Gasteiger partial charge in [0.15, 0.2) is 5.82 Å². The van der Waals surface area contributed by atoms with Gasteiger partial charge < -0.3 is 25.2 Å². The Labute approximate surface area is 266 Å². The Bertz CT molecular complexity index is 1560. The van der Waals surface area contributed by atoms with Crippen LogP contribution in [0, 0.1) is 0 Å². The zero-order chi connectivity index (χ0) is 32.3. The van der Waals surface area contributed by atoms with Gasteiger partial charge >= 0.3 is 6.18 Å². The summed E-state index contributed by atoms with van der Waals surface area (Å²) < 4.78 is 46.0. The topological polar surface area (TPSA) is 95.1 Å². The summed E-state index contributed by atoms with van der Waals surface area (Å²) in [6.07, 6.45) is 3.24. The van der Waals surface area contributed by atoms with Crippen LogP contribution in [-0.4, -0.2) is 66.7 Å². The number of piperidine rings is 1. The van der Waals surface area contributed by atoms with Crippen LogP contribution < -0.4 is 25.3 Å². The molecule has 3 aromatic rings. The number of ether oxygens (including phenoxy) is 1. The third-order valence-corrected chi connectivity index (χ3v) is 8.87. The van der Waals surface area contributed by atoms with Crippen molar-refractivity contribution in [1.29, 1.82) is 0 Å². The highest BCUT2D eigenvalue weighted by molar-refractivity contribution is 6.02. The second-order valence-corrected chi connectivity index (χ2v) is 11.7. The molecule has 46 heavy (non-hydrogen) atoms. The molecule has 0 spiro atoms. The predicted molar refractivity (Wildman–Crippen MR) is 170 cm³/mol. The van der Waals surface area contributed by atoms with Crippen molar-refractivity contribution in [2.45, 2.75) is 50.4 Å². The number of carbonyl (C=O) groups is 1. The van der Waals surface area contributed by atoms with Gasteiger partial charge in [-0.1, -0.05) is 18.7 Å². The zero-order valence-corrected chi connectivity index (χ0v) is 25.7. The number of nitrogens with zero attached hydrogens (tertiary/aromatic N) is 5. The van der Waals surface area contributed by atoms with Gasteiger partial charge in [0.2, 0.25) is 5.91 Å². The first kappa shape index (κ1) is 31.6. The Hall–Kier alpha value is -4.36. The predicted octanol–water partition coefficient (Wildman–Crippen LogP) is 6.32. The van der Waals surface area contributed by atoms with E-state index in [2.05, 4.69) is 37.0 Å². The molecule has 6 rings (SSSR count). The Kier molecular flexibility index (Phi) is 9.32. The van der Waals surface area contributed by atoms with Crippen LogP contribution in [0.25, 0.3) is 0 Å². The molecule has 1 amide bonds. The summed E-state index contributed by atoms with van der Waals surface area (Å²) in [6.45, 7) is 7.97. The van der Waals surface area contributed by atoms with Crippen molar-refractivity contribution in [3.05, 3.63) is 72.6 Å². The SMILES string of the molecule is C=CC(=O)Nc1cc(Nc2cc(N3OCC[C@@H]3c3cccc(C(F)(F)F)c3)ncn2)c(OC)cc1N1CCC(N2CCCC2)CC1. The number of benzene rings is 2. The molecule has 13 heteroatoms. The third-order valence-electron chi connectivity index (χ3n) is 8.87. The fraction of sp³-hybridized carbons (Fsp3) is 0.424. The molecule has 3 fully saturated rings. The summed E-state index contributed by atoms with van der Waals surface area (Å²) in [5.41, 5.74) is 1.78. The number of anilines is 5. The van der Waals surface area contributed by atoms with Crippen LogP contribution in [0.15, 0.2) is 61.4 Å². The molecule has 10 nitrogen and oxygen atoms in total. The second kappa shape index (κ2) is 13.6. The highest BCUT2D eigenvalue weighted by Crippen LogP contribution is 2.41. The maximum atomic E-state index is 13.4. The van der Waals surface area contributed by atoms with E-state index in [0.717, 1.165) is 43.8 Å². The summed E-state index contributed by atoms with van der Waals surface area (Å²) in [4.78, 5) is 31.9. The minimum absolute atomic E-state index is 0.324. The molecule has 1 aromatic heterocycles. The lowest BCUT2D eigenvalue weighted by Crippen LogP contribution is -2.44. The zero-order valence-electron chi connectivity index (χ0n) is 25.7. The van der Waals surface area contributed by atoms with Gasteiger partial charge in [0.1, 0.15) is 17.9 Å². The van der Waals surface area contributed by atoms with E-state index in [4.69, 9.17) is 9.57 Å². The molecule has 0 radical (unpaired) electrons. The maximum Gasteiger partial charge on any atom is 0.416 e. The fourth-order valence-corrected chi connectivity index (χ4v) is 6.55. The van der Waals surface area contributed by atoms with Gasteiger partial charge in [0, 0.05) is 37.7 Å². The van der Waals surface area contributed by atoms with E-state index in [1.165, 1.54) is 49.5 Å². The smallest absolute Gasteiger partial charge is 0.416 e. The van der Waals surface area contributed by atoms with Gasteiger partial charge in [0.25, 0.3) is 0 Å². The van der Waals surface area contributed by atoms with E-state index < -0.39 is 17.8 Å². The molecule has 0 bridgehead atoms. The summed E-state index contributed by atoms with van der Waals surface area (Å²) in [5, 5.41) is 7.74. The molecule has 4 heterocycles. The van der Waals surface area contributed by atoms with Crippen molar-refractivity contribution in [2.75, 3.05) is 60.5 Å². The van der Waals surface area contributed by atoms with Gasteiger partial charge in [-0.2, -0.15) is 13.2 Å². The first-order chi connectivity index (χ1) is 22.2. The van der Waals surface area contributed by atoms with E-state index in [1.54, 1.807) is 19.2 Å². The minimum atomic E-state index is -4.45. The molecular weight excluding hydrogens is 599 g/mol. The van der Waals surface area contributed by atoms with Gasteiger partial charge in [-0.15, -0.1) is 0 Å². The summed E-state index contributed by atoms with van der Waals surface area (Å²) in [5.74, 6) is 1.00. The van der Waals surface area contributed by atoms with Crippen molar-refractivity contribution in [1.82, 2.24) is 14.9 Å². The van der Waals surface area contributed by atoms with Gasteiger partial charge in [-0.05, 0) is 68.6 Å². The number of rotatable bonds is 9. The number of hydrogen-bond donors (Lipinski definition) is 2. The number of hydrogen-bond acceptors (Lipinski definition) is 9. The standard InChI is InChI=1S/C33H38F3N7O3/c1-3-32(44)40-25-18-26(29(45-2)19-28(25)42-14-9-24(10-15-42)41-12-4-5-13-41)39-30-20-31(38-21-37-30)43-27(11-16-46-43)22-7-6-8-23(17-22)33(34,35)36/h3,6-8,17-21,24,27H,1,4-5,9-16H2,2H3,(H,40,44)(H,37,38,39)/t27-/m1/s1. The number of hydroxylamine groups is 1. The second-order valence-electron chi connectivity index (χ2n) is 11.7.